The maximum absolute atomic E-state index is 12.9. The van der Waals surface area contributed by atoms with E-state index >= 15 is 0 Å². The van der Waals surface area contributed by atoms with E-state index < -0.39 is 0 Å². The molecule has 0 unspecified atom stereocenters. The molecule has 2 saturated heterocycles. The molecule has 2 aromatic carbocycles. The number of amides is 1. The molecular formula is C29H32Cl2N4O3. The summed E-state index contributed by atoms with van der Waals surface area (Å²) in [6.45, 7) is 4.30. The monoisotopic (exact) mass is 554 g/mol. The van der Waals surface area contributed by atoms with Gasteiger partial charge in [0.1, 0.15) is 12.4 Å². The van der Waals surface area contributed by atoms with E-state index in [-0.39, 0.29) is 24.9 Å². The quantitative estimate of drug-likeness (QED) is 0.366. The number of hydrogen-bond donors (Lipinski definition) is 1. The van der Waals surface area contributed by atoms with Crippen molar-refractivity contribution in [2.45, 2.75) is 38.3 Å². The van der Waals surface area contributed by atoms with E-state index in [0.717, 1.165) is 50.1 Å². The van der Waals surface area contributed by atoms with Crippen molar-refractivity contribution in [2.75, 3.05) is 38.5 Å². The lowest BCUT2D eigenvalue weighted by Crippen LogP contribution is -2.44. The standard InChI is InChI=1S/C29H32Cl2N4O3/c30-25-6-3-7-26(31)24(25)18-38-27-15-21(16-33-29(27)32)20-8-10-23(11-9-20)37-19-28(36)35-14-4-5-22(35)17-34-12-1-2-13-34/h3,6-11,15-16,22H,1-2,4-5,12-14,17-19H2,(H2,32,33)/t22-/m1/s1. The van der Waals surface area contributed by atoms with Crippen molar-refractivity contribution in [1.82, 2.24) is 14.8 Å². The third-order valence-electron chi connectivity index (χ3n) is 7.23. The van der Waals surface area contributed by atoms with Gasteiger partial charge in [-0.1, -0.05) is 41.4 Å². The molecule has 1 atom stereocenters. The van der Waals surface area contributed by atoms with Crippen LogP contribution >= 0.6 is 23.2 Å². The van der Waals surface area contributed by atoms with Gasteiger partial charge in [-0.05, 0) is 74.7 Å². The first-order valence-corrected chi connectivity index (χ1v) is 13.8. The zero-order valence-electron chi connectivity index (χ0n) is 21.2. The summed E-state index contributed by atoms with van der Waals surface area (Å²) >= 11 is 12.5. The molecule has 9 heteroatoms. The SMILES string of the molecule is Nc1ncc(-c2ccc(OCC(=O)N3CCC[C@@H]3CN3CCCC3)cc2)cc1OCc1c(Cl)cccc1Cl. The van der Waals surface area contributed by atoms with Crippen LogP contribution in [-0.2, 0) is 11.4 Å². The van der Waals surface area contributed by atoms with Gasteiger partial charge in [0.05, 0.1) is 0 Å². The lowest BCUT2D eigenvalue weighted by molar-refractivity contribution is -0.134. The number of anilines is 1. The number of hydrogen-bond acceptors (Lipinski definition) is 6. The van der Waals surface area contributed by atoms with Crippen LogP contribution in [0.1, 0.15) is 31.2 Å². The van der Waals surface area contributed by atoms with Crippen molar-refractivity contribution in [2.24, 2.45) is 0 Å². The maximum atomic E-state index is 12.9. The largest absolute Gasteiger partial charge is 0.485 e. The van der Waals surface area contributed by atoms with E-state index in [0.29, 0.717) is 33.1 Å². The van der Waals surface area contributed by atoms with Gasteiger partial charge < -0.3 is 25.0 Å². The van der Waals surface area contributed by atoms with E-state index in [9.17, 15) is 4.79 Å². The number of rotatable bonds is 9. The van der Waals surface area contributed by atoms with E-state index in [1.54, 1.807) is 24.4 Å². The average molecular weight is 556 g/mol. The summed E-state index contributed by atoms with van der Waals surface area (Å²) in [7, 11) is 0. The Hall–Kier alpha value is -3.00. The number of carbonyl (C=O) groups is 1. The molecule has 3 aromatic rings. The summed E-state index contributed by atoms with van der Waals surface area (Å²) in [5.41, 5.74) is 8.49. The Labute approximate surface area is 233 Å². The van der Waals surface area contributed by atoms with Crippen molar-refractivity contribution < 1.29 is 14.3 Å². The van der Waals surface area contributed by atoms with Gasteiger partial charge in [0.2, 0.25) is 0 Å². The van der Waals surface area contributed by atoms with Gasteiger partial charge in [0, 0.05) is 46.5 Å². The first-order valence-electron chi connectivity index (χ1n) is 13.0. The second-order valence-corrected chi connectivity index (χ2v) is 10.6. The number of likely N-dealkylation sites (tertiary alicyclic amines) is 2. The van der Waals surface area contributed by atoms with Crippen molar-refractivity contribution in [1.29, 1.82) is 0 Å². The topological polar surface area (TPSA) is 80.9 Å². The number of aromatic nitrogens is 1. The molecule has 0 aliphatic carbocycles. The molecule has 3 heterocycles. The van der Waals surface area contributed by atoms with Crippen LogP contribution in [-0.4, -0.2) is 59.5 Å². The Morgan fingerprint density at radius 3 is 2.45 bits per heavy atom. The Bertz CT molecular complexity index is 1240. The Morgan fingerprint density at radius 2 is 1.71 bits per heavy atom. The summed E-state index contributed by atoms with van der Waals surface area (Å²) in [6.07, 6.45) is 6.35. The highest BCUT2D eigenvalue weighted by Gasteiger charge is 2.30. The van der Waals surface area contributed by atoms with E-state index in [2.05, 4.69) is 9.88 Å². The molecule has 2 fully saturated rings. The number of benzene rings is 2. The third kappa shape index (κ3) is 6.34. The molecule has 200 valence electrons. The lowest BCUT2D eigenvalue weighted by Gasteiger charge is -2.28. The fraction of sp³-hybridized carbons (Fsp3) is 0.379. The molecule has 2 aliphatic heterocycles. The fourth-order valence-electron chi connectivity index (χ4n) is 5.14. The van der Waals surface area contributed by atoms with Gasteiger partial charge in [-0.15, -0.1) is 0 Å². The molecule has 7 nitrogen and oxygen atoms in total. The average Bonchev–Trinajstić information content (AvgIpc) is 3.61. The van der Waals surface area contributed by atoms with Crippen molar-refractivity contribution in [3.63, 3.8) is 0 Å². The van der Waals surface area contributed by atoms with E-state index in [1.807, 2.05) is 35.2 Å². The van der Waals surface area contributed by atoms with Gasteiger partial charge in [0.15, 0.2) is 18.2 Å². The van der Waals surface area contributed by atoms with E-state index in [1.165, 1.54) is 12.8 Å². The van der Waals surface area contributed by atoms with E-state index in [4.69, 9.17) is 38.4 Å². The molecule has 0 bridgehead atoms. The Morgan fingerprint density at radius 1 is 0.974 bits per heavy atom. The molecular weight excluding hydrogens is 523 g/mol. The number of ether oxygens (including phenoxy) is 2. The summed E-state index contributed by atoms with van der Waals surface area (Å²) in [5, 5.41) is 1.06. The number of halogens is 2. The Kier molecular flexibility index (Phi) is 8.57. The van der Waals surface area contributed by atoms with Crippen LogP contribution in [0.25, 0.3) is 11.1 Å². The second-order valence-electron chi connectivity index (χ2n) is 9.80. The molecule has 5 rings (SSSR count). The third-order valence-corrected chi connectivity index (χ3v) is 7.94. The molecule has 1 aromatic heterocycles. The fourth-order valence-corrected chi connectivity index (χ4v) is 5.64. The van der Waals surface area contributed by atoms with Crippen molar-refractivity contribution in [3.8, 4) is 22.6 Å². The normalized spacial score (nSPS) is 17.6. The molecule has 2 N–H and O–H groups in total. The number of nitrogens with two attached hydrogens (primary N) is 1. The zero-order valence-corrected chi connectivity index (χ0v) is 22.8. The Balaban J connectivity index is 1.18. The van der Waals surface area contributed by atoms with Crippen molar-refractivity contribution >= 4 is 34.9 Å². The summed E-state index contributed by atoms with van der Waals surface area (Å²) < 4.78 is 11.8. The van der Waals surface area contributed by atoms with Gasteiger partial charge in [-0.2, -0.15) is 0 Å². The first-order chi connectivity index (χ1) is 18.5. The van der Waals surface area contributed by atoms with Crippen LogP contribution in [0.4, 0.5) is 5.82 Å². The highest BCUT2D eigenvalue weighted by atomic mass is 35.5. The molecule has 1 amide bonds. The summed E-state index contributed by atoms with van der Waals surface area (Å²) in [6, 6.07) is 15.0. The first kappa shape index (κ1) is 26.6. The van der Waals surface area contributed by atoms with Crippen LogP contribution in [0, 0.1) is 0 Å². The van der Waals surface area contributed by atoms with Crippen molar-refractivity contribution in [3.05, 3.63) is 70.3 Å². The molecule has 0 radical (unpaired) electrons. The zero-order chi connectivity index (χ0) is 26.5. The molecule has 0 spiro atoms. The van der Waals surface area contributed by atoms with Crippen LogP contribution in [0.3, 0.4) is 0 Å². The van der Waals surface area contributed by atoms with Crippen LogP contribution in [0.15, 0.2) is 54.7 Å². The number of pyridine rings is 1. The summed E-state index contributed by atoms with van der Waals surface area (Å²) in [5.74, 6) is 1.42. The highest BCUT2D eigenvalue weighted by Crippen LogP contribution is 2.31. The lowest BCUT2D eigenvalue weighted by atomic mass is 10.1. The molecule has 2 aliphatic rings. The van der Waals surface area contributed by atoms with Crippen LogP contribution in [0.5, 0.6) is 11.5 Å². The minimum atomic E-state index is 0.0435. The smallest absolute Gasteiger partial charge is 0.260 e. The minimum absolute atomic E-state index is 0.0435. The molecule has 0 saturated carbocycles. The van der Waals surface area contributed by atoms with Gasteiger partial charge >= 0.3 is 0 Å². The number of nitrogen functional groups attached to an aromatic ring is 1. The predicted molar refractivity (Wildman–Crippen MR) is 151 cm³/mol. The van der Waals surface area contributed by atoms with Gasteiger partial charge in [-0.3, -0.25) is 4.79 Å². The van der Waals surface area contributed by atoms with Crippen LogP contribution < -0.4 is 15.2 Å². The van der Waals surface area contributed by atoms with Gasteiger partial charge in [-0.25, -0.2) is 4.98 Å². The maximum Gasteiger partial charge on any atom is 0.260 e. The number of nitrogens with zero attached hydrogens (tertiary/aromatic N) is 3. The predicted octanol–water partition coefficient (Wildman–Crippen LogP) is 5.68. The summed E-state index contributed by atoms with van der Waals surface area (Å²) in [4.78, 5) is 21.7. The molecule has 38 heavy (non-hydrogen) atoms. The second kappa shape index (κ2) is 12.2. The minimum Gasteiger partial charge on any atom is -0.485 e. The highest BCUT2D eigenvalue weighted by molar-refractivity contribution is 6.35. The van der Waals surface area contributed by atoms with Gasteiger partial charge in [0.25, 0.3) is 5.91 Å². The van der Waals surface area contributed by atoms with Crippen LogP contribution in [0.2, 0.25) is 10.0 Å². The number of carbonyl (C=O) groups excluding carboxylic acids is 1.